The Kier molecular flexibility index (Phi) is 6.70. The van der Waals surface area contributed by atoms with Crippen LogP contribution in [0.4, 0.5) is 0 Å². The van der Waals surface area contributed by atoms with Crippen molar-refractivity contribution in [1.82, 2.24) is 4.57 Å². The fraction of sp³-hybridized carbons (Fsp3) is 0.154. The molecule has 172 valence electrons. The van der Waals surface area contributed by atoms with Crippen LogP contribution in [-0.4, -0.2) is 23.6 Å². The van der Waals surface area contributed by atoms with Crippen molar-refractivity contribution in [3.63, 3.8) is 0 Å². The maximum Gasteiger partial charge on any atom is 0.338 e. The molecule has 34 heavy (non-hydrogen) atoms. The minimum atomic E-state index is -0.727. The summed E-state index contributed by atoms with van der Waals surface area (Å²) in [6.45, 7) is 3.04. The molecule has 1 aliphatic heterocycles. The third-order valence-corrected chi connectivity index (χ3v) is 6.22. The molecule has 0 N–H and O–H groups in total. The predicted molar refractivity (Wildman–Crippen MR) is 130 cm³/mol. The van der Waals surface area contributed by atoms with Crippen LogP contribution in [0.15, 0.2) is 81.7 Å². The van der Waals surface area contributed by atoms with E-state index >= 15 is 0 Å². The van der Waals surface area contributed by atoms with Gasteiger partial charge in [-0.05, 0) is 36.3 Å². The van der Waals surface area contributed by atoms with Crippen molar-refractivity contribution in [3.8, 4) is 5.75 Å². The number of benzene rings is 2. The van der Waals surface area contributed by atoms with Gasteiger partial charge in [0, 0.05) is 6.92 Å². The molecule has 4 rings (SSSR count). The Labute approximate surface area is 199 Å². The van der Waals surface area contributed by atoms with E-state index in [9.17, 15) is 14.4 Å². The number of carbonyl (C=O) groups is 2. The highest BCUT2D eigenvalue weighted by atomic mass is 32.1. The quantitative estimate of drug-likeness (QED) is 0.419. The Hall–Kier alpha value is -4.04. The minimum Gasteiger partial charge on any atom is -0.466 e. The van der Waals surface area contributed by atoms with E-state index in [4.69, 9.17) is 9.47 Å². The van der Waals surface area contributed by atoms with Crippen molar-refractivity contribution < 1.29 is 19.1 Å². The second kappa shape index (κ2) is 9.84. The number of allylic oxidation sites excluding steroid dienone is 2. The van der Waals surface area contributed by atoms with Crippen molar-refractivity contribution in [2.45, 2.75) is 19.9 Å². The van der Waals surface area contributed by atoms with Gasteiger partial charge in [-0.1, -0.05) is 66.0 Å². The highest BCUT2D eigenvalue weighted by Crippen LogP contribution is 2.31. The van der Waals surface area contributed by atoms with Crippen molar-refractivity contribution in [1.29, 1.82) is 0 Å². The van der Waals surface area contributed by atoms with Gasteiger partial charge in [0.15, 0.2) is 4.80 Å². The van der Waals surface area contributed by atoms with E-state index in [1.807, 2.05) is 42.5 Å². The Balaban J connectivity index is 1.83. The lowest BCUT2D eigenvalue weighted by atomic mass is 9.96. The van der Waals surface area contributed by atoms with Crippen LogP contribution in [-0.2, 0) is 14.3 Å². The number of hydrogen-bond acceptors (Lipinski definition) is 7. The zero-order valence-corrected chi connectivity index (χ0v) is 19.7. The van der Waals surface area contributed by atoms with Gasteiger partial charge >= 0.3 is 11.9 Å². The van der Waals surface area contributed by atoms with E-state index in [0.717, 1.165) is 5.56 Å². The van der Waals surface area contributed by atoms with Gasteiger partial charge in [-0.2, -0.15) is 0 Å². The monoisotopic (exact) mass is 474 g/mol. The third-order valence-electron chi connectivity index (χ3n) is 5.22. The van der Waals surface area contributed by atoms with Gasteiger partial charge in [-0.25, -0.2) is 9.79 Å². The van der Waals surface area contributed by atoms with Crippen LogP contribution < -0.4 is 19.6 Å². The molecule has 1 aliphatic rings. The molecule has 0 aliphatic carbocycles. The standard InChI is InChI=1S/C26H22N2O5S/c1-16-22(25(31)32-3)23(19-12-14-20(15-13-19)33-17(2)29)28-24(30)21(34-26(28)27-16)11-7-10-18-8-5-4-6-9-18/h4-15,23H,1-3H3/b10-7+,21-11+. The predicted octanol–water partition coefficient (Wildman–Crippen LogP) is 3.00. The first-order valence-corrected chi connectivity index (χ1v) is 11.3. The van der Waals surface area contributed by atoms with Crippen LogP contribution >= 0.6 is 11.3 Å². The van der Waals surface area contributed by atoms with Crippen molar-refractivity contribution in [2.24, 2.45) is 4.99 Å². The molecule has 0 radical (unpaired) electrons. The number of rotatable bonds is 5. The first-order valence-electron chi connectivity index (χ1n) is 10.5. The number of hydrogen-bond donors (Lipinski definition) is 0. The second-order valence-electron chi connectivity index (χ2n) is 7.53. The summed E-state index contributed by atoms with van der Waals surface area (Å²) in [5.41, 5.74) is 2.18. The number of methoxy groups -OCH3 is 1. The Morgan fingerprint density at radius 1 is 1.09 bits per heavy atom. The molecule has 2 heterocycles. The molecule has 3 aromatic rings. The summed E-state index contributed by atoms with van der Waals surface area (Å²) >= 11 is 1.25. The highest BCUT2D eigenvalue weighted by Gasteiger charge is 2.33. The van der Waals surface area contributed by atoms with Gasteiger partial charge < -0.3 is 9.47 Å². The molecule has 1 aromatic heterocycles. The zero-order chi connectivity index (χ0) is 24.2. The summed E-state index contributed by atoms with van der Waals surface area (Å²) in [7, 11) is 1.29. The summed E-state index contributed by atoms with van der Waals surface area (Å²) in [6, 6.07) is 15.7. The summed E-state index contributed by atoms with van der Waals surface area (Å²) in [4.78, 5) is 42.4. The van der Waals surface area contributed by atoms with Gasteiger partial charge in [-0.15, -0.1) is 0 Å². The van der Waals surface area contributed by atoms with Gasteiger partial charge in [0.1, 0.15) is 5.75 Å². The maximum absolute atomic E-state index is 13.4. The molecule has 7 nitrogen and oxygen atoms in total. The molecule has 1 unspecified atom stereocenters. The highest BCUT2D eigenvalue weighted by molar-refractivity contribution is 7.07. The van der Waals surface area contributed by atoms with Crippen LogP contribution in [0, 0.1) is 0 Å². The van der Waals surface area contributed by atoms with E-state index in [1.54, 1.807) is 37.3 Å². The van der Waals surface area contributed by atoms with Crippen molar-refractivity contribution >= 4 is 35.4 Å². The largest absolute Gasteiger partial charge is 0.466 e. The van der Waals surface area contributed by atoms with Crippen molar-refractivity contribution in [2.75, 3.05) is 7.11 Å². The number of ether oxygens (including phenoxy) is 2. The van der Waals surface area contributed by atoms with Crippen LogP contribution in [0.3, 0.4) is 0 Å². The van der Waals surface area contributed by atoms with E-state index < -0.39 is 18.0 Å². The molecule has 0 amide bonds. The summed E-state index contributed by atoms with van der Waals surface area (Å²) < 4.78 is 12.1. The summed E-state index contributed by atoms with van der Waals surface area (Å²) in [6.07, 6.45) is 5.47. The molecule has 0 spiro atoms. The van der Waals surface area contributed by atoms with Crippen LogP contribution in [0.25, 0.3) is 12.2 Å². The SMILES string of the molecule is COC(=O)C1=C(C)N=c2s/c(=C/C=C/c3ccccc3)c(=O)n2C1c1ccc(OC(C)=O)cc1. The molecule has 8 heteroatoms. The lowest BCUT2D eigenvalue weighted by molar-refractivity contribution is -0.136. The second-order valence-corrected chi connectivity index (χ2v) is 8.54. The van der Waals surface area contributed by atoms with Gasteiger partial charge in [0.25, 0.3) is 5.56 Å². The average molecular weight is 475 g/mol. The van der Waals surface area contributed by atoms with Crippen LogP contribution in [0.1, 0.15) is 31.0 Å². The van der Waals surface area contributed by atoms with E-state index in [1.165, 1.54) is 29.9 Å². The first kappa shape index (κ1) is 23.1. The van der Waals surface area contributed by atoms with Crippen molar-refractivity contribution in [3.05, 3.63) is 103 Å². The number of fused-ring (bicyclic) bond motifs is 1. The Morgan fingerprint density at radius 3 is 2.44 bits per heavy atom. The Bertz CT molecular complexity index is 1480. The molecular weight excluding hydrogens is 452 g/mol. The Morgan fingerprint density at radius 2 is 1.79 bits per heavy atom. The number of esters is 2. The lowest BCUT2D eigenvalue weighted by Gasteiger charge is -2.24. The van der Waals surface area contributed by atoms with E-state index in [0.29, 0.717) is 26.3 Å². The third kappa shape index (κ3) is 4.67. The normalized spacial score (nSPS) is 15.7. The topological polar surface area (TPSA) is 87.0 Å². The van der Waals surface area contributed by atoms with E-state index in [-0.39, 0.29) is 11.1 Å². The smallest absolute Gasteiger partial charge is 0.338 e. The van der Waals surface area contributed by atoms with Gasteiger partial charge in [-0.3, -0.25) is 14.2 Å². The molecule has 1 atom stereocenters. The zero-order valence-electron chi connectivity index (χ0n) is 18.8. The molecular formula is C26H22N2O5S. The van der Waals surface area contributed by atoms with Crippen LogP contribution in [0.5, 0.6) is 5.75 Å². The lowest BCUT2D eigenvalue weighted by Crippen LogP contribution is -2.39. The molecule has 0 saturated carbocycles. The molecule has 0 bridgehead atoms. The summed E-state index contributed by atoms with van der Waals surface area (Å²) in [5, 5.41) is 0. The van der Waals surface area contributed by atoms with Gasteiger partial charge in [0.2, 0.25) is 0 Å². The molecule has 0 fully saturated rings. The number of carbonyl (C=O) groups excluding carboxylic acids is 2. The summed E-state index contributed by atoms with van der Waals surface area (Å²) in [5.74, 6) is -0.626. The van der Waals surface area contributed by atoms with Crippen LogP contribution in [0.2, 0.25) is 0 Å². The minimum absolute atomic E-state index is 0.260. The first-order chi connectivity index (χ1) is 16.4. The fourth-order valence-electron chi connectivity index (χ4n) is 3.72. The number of thiazole rings is 1. The number of aromatic nitrogens is 1. The van der Waals surface area contributed by atoms with Gasteiger partial charge in [0.05, 0.1) is 29.0 Å². The number of nitrogens with zero attached hydrogens (tertiary/aromatic N) is 2. The van der Waals surface area contributed by atoms with E-state index in [2.05, 4.69) is 4.99 Å². The maximum atomic E-state index is 13.4. The average Bonchev–Trinajstić information content (AvgIpc) is 3.13. The fourth-order valence-corrected chi connectivity index (χ4v) is 4.72. The molecule has 0 saturated heterocycles. The molecule has 2 aromatic carbocycles.